The quantitative estimate of drug-likeness (QED) is 0.0476. The number of nitrogens with zero attached hydrogens (tertiary/aromatic N) is 8. The van der Waals surface area contributed by atoms with Crippen molar-refractivity contribution < 1.29 is 142 Å². The molecule has 4 amide bonds. The largest absolute Gasteiger partial charge is 0.354 e. The number of halogens is 28. The molecule has 11 aromatic rings. The number of fused-ring (bicyclic) bond motifs is 12. The molecule has 8 N–H and O–H groups in total. The average Bonchev–Trinajstić information content (AvgIpc) is 1.56. The van der Waals surface area contributed by atoms with Crippen molar-refractivity contribution in [3.63, 3.8) is 0 Å². The molecule has 118 heavy (non-hydrogen) atoms. The molecule has 5 aromatic heterocycles. The second-order valence-electron chi connectivity index (χ2n) is 24.7. The highest BCUT2D eigenvalue weighted by atomic mass is 19.2. The van der Waals surface area contributed by atoms with Crippen LogP contribution in [0, 0.1) is 163 Å². The monoisotopic (exact) mass is 1680 g/mol. The number of aromatic amines is 2. The van der Waals surface area contributed by atoms with Crippen molar-refractivity contribution in [2.24, 2.45) is 11.5 Å². The summed E-state index contributed by atoms with van der Waals surface area (Å²) in [6, 6.07) is -1.98. The van der Waals surface area contributed by atoms with Gasteiger partial charge in [0.05, 0.1) is 102 Å². The Labute approximate surface area is 628 Å². The summed E-state index contributed by atoms with van der Waals surface area (Å²) in [6.45, 7) is 0. The zero-order valence-corrected chi connectivity index (χ0v) is 55.9. The summed E-state index contributed by atoms with van der Waals surface area (Å²) < 4.78 is 459. The summed E-state index contributed by atoms with van der Waals surface area (Å²) in [4.78, 5) is 65.5. The van der Waals surface area contributed by atoms with Crippen LogP contribution in [0.1, 0.15) is 43.5 Å². The Bertz CT molecular complexity index is 6430. The molecule has 9 heterocycles. The fourth-order valence-electron chi connectivity index (χ4n) is 13.0. The number of hydrogen-bond donors (Lipinski definition) is 6. The van der Waals surface area contributed by atoms with Crippen molar-refractivity contribution in [2.45, 2.75) is 0 Å². The van der Waals surface area contributed by atoms with Crippen LogP contribution in [-0.4, -0.2) is 73.8 Å². The van der Waals surface area contributed by atoms with Crippen LogP contribution in [0.3, 0.4) is 0 Å². The molecule has 0 aliphatic carbocycles. The predicted molar refractivity (Wildman–Crippen MR) is 349 cm³/mol. The van der Waals surface area contributed by atoms with Gasteiger partial charge in [0.25, 0.3) is 11.8 Å². The SMILES string of the molecule is NC(=O)n1cc(-c2c(F)c(F)c(-c3c4nc(c(-c5c(F)c(F)c(F)c(F)c5F)c5cc(c(-c6c(F)c(F)c(F)c(F)c6F)c6ccc([nH]6)c(-c6c(F)c(F)c(-c7cn(C(N)=O)nn7)c(F)c6F)c6nc(c(-c7c(F)c(F)c(F)c(F)c7F)c7cc(c(-c8c(F)c(F)c(F)c(F)c8F)c8ccc3[nH]8)C(=O)N7)C=C6)C(=O)N5)C=C4)c(F)c2F)nn1. The van der Waals surface area contributed by atoms with Crippen LogP contribution in [0.25, 0.3) is 136 Å². The van der Waals surface area contributed by atoms with Crippen molar-refractivity contribution >= 4 is 81.6 Å². The highest BCUT2D eigenvalue weighted by molar-refractivity contribution is 6.19. The smallest absolute Gasteiger partial charge is 0.340 e. The van der Waals surface area contributed by atoms with Crippen molar-refractivity contribution in [1.82, 2.24) is 49.9 Å². The van der Waals surface area contributed by atoms with Gasteiger partial charge in [-0.25, -0.2) is 142 Å². The maximum Gasteiger partial charge on any atom is 0.340 e. The normalized spacial score (nSPS) is 12.5. The number of H-pyrrole nitrogens is 2. The lowest BCUT2D eigenvalue weighted by Gasteiger charge is -2.13. The number of benzene rings is 6. The average molecular weight is 1680 g/mol. The van der Waals surface area contributed by atoms with E-state index in [9.17, 15) is 19.2 Å². The molecule has 0 radical (unpaired) electrons. The number of hydrogen-bond acceptors (Lipinski definition) is 10. The van der Waals surface area contributed by atoms with E-state index in [-0.39, 0.29) is 70.3 Å². The molecular formula is C72H20F28N14O4. The van der Waals surface area contributed by atoms with Gasteiger partial charge in [-0.05, 0) is 60.7 Å². The second-order valence-corrected chi connectivity index (χ2v) is 24.7. The van der Waals surface area contributed by atoms with Gasteiger partial charge in [0.15, 0.2) is 140 Å². The molecule has 46 heteroatoms. The molecule has 0 saturated heterocycles. The first-order valence-electron chi connectivity index (χ1n) is 31.7. The third-order valence-corrected chi connectivity index (χ3v) is 18.2. The van der Waals surface area contributed by atoms with E-state index in [0.29, 0.717) is 12.1 Å². The Morgan fingerprint density at radius 2 is 0.475 bits per heavy atom. The van der Waals surface area contributed by atoms with Crippen LogP contribution >= 0.6 is 0 Å². The molecule has 4 aliphatic heterocycles. The first-order chi connectivity index (χ1) is 55.7. The highest BCUT2D eigenvalue weighted by Crippen LogP contribution is 2.50. The maximum atomic E-state index is 17.5. The molecule has 4 aliphatic rings. The number of anilines is 2. The lowest BCUT2D eigenvalue weighted by molar-refractivity contribution is 0.102. The minimum absolute atomic E-state index is 0.00807. The van der Waals surface area contributed by atoms with Gasteiger partial charge in [-0.2, -0.15) is 9.36 Å². The van der Waals surface area contributed by atoms with E-state index >= 15 is 123 Å². The molecular weight excluding hydrogens is 1660 g/mol. The lowest BCUT2D eigenvalue weighted by atomic mass is 9.98. The number of nitrogens with one attached hydrogen (secondary N) is 4. The van der Waals surface area contributed by atoms with Gasteiger partial charge in [0, 0.05) is 55.4 Å². The van der Waals surface area contributed by atoms with Crippen LogP contribution in [0.15, 0.2) is 48.8 Å². The highest BCUT2D eigenvalue weighted by Gasteiger charge is 2.41. The van der Waals surface area contributed by atoms with Crippen molar-refractivity contribution in [1.29, 1.82) is 0 Å². The molecule has 12 bridgehead atoms. The Balaban J connectivity index is 1.22. The summed E-state index contributed by atoms with van der Waals surface area (Å²) in [7, 11) is 0. The van der Waals surface area contributed by atoms with E-state index in [0.717, 1.165) is 0 Å². The van der Waals surface area contributed by atoms with Crippen molar-refractivity contribution in [2.75, 3.05) is 10.6 Å². The molecule has 15 rings (SSSR count). The molecule has 0 atom stereocenters. The van der Waals surface area contributed by atoms with Gasteiger partial charge >= 0.3 is 12.1 Å². The molecule has 0 spiro atoms. The van der Waals surface area contributed by atoms with Gasteiger partial charge in [-0.1, -0.05) is 10.4 Å². The number of primary amides is 2. The third kappa shape index (κ3) is 11.6. The summed E-state index contributed by atoms with van der Waals surface area (Å²) in [5.41, 5.74) is -38.9. The number of carbonyl (C=O) groups is 4. The first kappa shape index (κ1) is 78.4. The number of amides is 4. The van der Waals surface area contributed by atoms with Gasteiger partial charge in [0.2, 0.25) is 23.3 Å². The maximum absolute atomic E-state index is 17.5. The number of nitrogens with two attached hydrogens (primary N) is 2. The Hall–Kier alpha value is -14.9. The molecule has 6 aromatic carbocycles. The van der Waals surface area contributed by atoms with Crippen LogP contribution in [0.4, 0.5) is 144 Å². The van der Waals surface area contributed by atoms with Crippen LogP contribution in [-0.2, 0) is 0 Å². The fraction of sp³-hybridized carbons (Fsp3) is 0. The molecule has 0 unspecified atom stereocenters. The Kier molecular flexibility index (Phi) is 18.6. The predicted octanol–water partition coefficient (Wildman–Crippen LogP) is 18.3. The van der Waals surface area contributed by atoms with Crippen LogP contribution in [0.2, 0.25) is 0 Å². The Morgan fingerprint density at radius 3 is 0.720 bits per heavy atom. The molecule has 0 fully saturated rings. The van der Waals surface area contributed by atoms with Crippen molar-refractivity contribution in [3.8, 4) is 89.3 Å². The fourth-order valence-corrected chi connectivity index (χ4v) is 13.0. The van der Waals surface area contributed by atoms with Gasteiger partial charge in [0.1, 0.15) is 11.4 Å². The number of carbonyl (C=O) groups excluding carboxylic acids is 4. The second kappa shape index (κ2) is 28.0. The minimum atomic E-state index is -3.03. The van der Waals surface area contributed by atoms with E-state index in [1.165, 1.54) is 0 Å². The molecule has 598 valence electrons. The summed E-state index contributed by atoms with van der Waals surface area (Å²) >= 11 is 0. The third-order valence-electron chi connectivity index (χ3n) is 18.2. The van der Waals surface area contributed by atoms with Crippen molar-refractivity contribution in [3.05, 3.63) is 246 Å². The van der Waals surface area contributed by atoms with E-state index in [2.05, 4.69) is 30.6 Å². The Morgan fingerprint density at radius 1 is 0.271 bits per heavy atom. The van der Waals surface area contributed by atoms with Gasteiger partial charge in [-0.15, -0.1) is 10.2 Å². The standard InChI is InChI=1S/C72H20F28N14O4/c73-41-33(25-11-113(71(101)117)111-109-25)42(74)46(78)37(45(41)77)29-17-3-1-15(103-17)27(35-49(81)57(89)65(97)58(90)50(35)82)13-9-23(107-69(13)115)31(39-53(85)61(93)67(99)62(94)54(39)86)22-8-6-20(106-22)30(38-47(79)43(75)34(44(76)48(38)80)26-12-114(72(102)118)112-110-26)18-4-2-16(104-18)28(36-51(83)59(91)66(98)60(92)52(36)84)14-10-24(108-70(14)116)32(21-7-5-19(29)105-21)40-55(87)63(95)68(100)64(96)56(40)88/h1-12,103-104H,(H2,101,117)(H2,102,118)(H,107,115)(H,108,116). The van der Waals surface area contributed by atoms with E-state index in [1.54, 1.807) is 10.6 Å². The summed E-state index contributed by atoms with van der Waals surface area (Å²) in [6.07, 6.45) is 1.65. The summed E-state index contributed by atoms with van der Waals surface area (Å²) in [5.74, 6) is -85.2. The van der Waals surface area contributed by atoms with Crippen LogP contribution in [0.5, 0.6) is 0 Å². The summed E-state index contributed by atoms with van der Waals surface area (Å²) in [5, 5.41) is 16.1. The first-order valence-corrected chi connectivity index (χ1v) is 31.7. The van der Waals surface area contributed by atoms with Gasteiger partial charge < -0.3 is 32.1 Å². The molecule has 0 saturated carbocycles. The topological polar surface area (TPSA) is 263 Å². The molecule has 18 nitrogen and oxygen atoms in total. The zero-order chi connectivity index (χ0) is 85.4. The van der Waals surface area contributed by atoms with E-state index < -0.39 is 343 Å². The van der Waals surface area contributed by atoms with Gasteiger partial charge in [-0.3, -0.25) is 9.59 Å². The zero-order valence-electron chi connectivity index (χ0n) is 55.9. The minimum Gasteiger partial charge on any atom is -0.354 e. The van der Waals surface area contributed by atoms with E-state index in [1.807, 2.05) is 9.97 Å². The van der Waals surface area contributed by atoms with E-state index in [4.69, 9.17) is 11.5 Å². The van der Waals surface area contributed by atoms with Crippen LogP contribution < -0.4 is 22.1 Å². The number of rotatable bonds is 8. The lowest BCUT2D eigenvalue weighted by Crippen LogP contribution is -2.19. The number of aromatic nitrogens is 10.